The predicted molar refractivity (Wildman–Crippen MR) is 93.0 cm³/mol. The van der Waals surface area contributed by atoms with Crippen molar-refractivity contribution in [3.63, 3.8) is 0 Å². The van der Waals surface area contributed by atoms with E-state index in [1.807, 2.05) is 0 Å². The van der Waals surface area contributed by atoms with E-state index in [1.54, 1.807) is 5.56 Å². The molecule has 1 fully saturated rings. The topological polar surface area (TPSA) is 0 Å². The summed E-state index contributed by atoms with van der Waals surface area (Å²) >= 11 is 4.02. The lowest BCUT2D eigenvalue weighted by Gasteiger charge is -2.27. The van der Waals surface area contributed by atoms with Gasteiger partial charge in [0.2, 0.25) is 0 Å². The first-order valence-electron chi connectivity index (χ1n) is 8.14. The van der Waals surface area contributed by atoms with Crippen molar-refractivity contribution in [1.82, 2.24) is 0 Å². The van der Waals surface area contributed by atoms with E-state index in [1.165, 1.54) is 66.3 Å². The fraction of sp³-hybridized carbons (Fsp3) is 0.684. The Kier molecular flexibility index (Phi) is 5.34. The Bertz CT molecular complexity index is 452. The van der Waals surface area contributed by atoms with Crippen molar-refractivity contribution in [2.24, 2.45) is 5.92 Å². The Labute approximate surface area is 133 Å². The van der Waals surface area contributed by atoms with E-state index in [-0.39, 0.29) is 0 Å². The van der Waals surface area contributed by atoms with Crippen LogP contribution < -0.4 is 0 Å². The lowest BCUT2D eigenvalue weighted by molar-refractivity contribution is 0.338. The summed E-state index contributed by atoms with van der Waals surface area (Å²) in [5.41, 5.74) is 9.01. The maximum Gasteiger partial charge on any atom is 0.0403 e. The van der Waals surface area contributed by atoms with Gasteiger partial charge in [-0.05, 0) is 80.3 Å². The maximum atomic E-state index is 4.02. The molecule has 0 radical (unpaired) electrons. The molecule has 20 heavy (non-hydrogen) atoms. The molecule has 1 heteroatoms. The van der Waals surface area contributed by atoms with Gasteiger partial charge in [-0.15, -0.1) is 0 Å². The number of alkyl halides is 1. The van der Waals surface area contributed by atoms with Crippen LogP contribution in [0.4, 0.5) is 0 Å². The second-order valence-electron chi connectivity index (χ2n) is 6.75. The van der Waals surface area contributed by atoms with Gasteiger partial charge in [0.25, 0.3) is 0 Å². The summed E-state index contributed by atoms with van der Waals surface area (Å²) in [4.78, 5) is 0.531. The molecular formula is C19H29Br. The molecule has 0 amide bonds. The number of rotatable bonds is 3. The molecule has 112 valence electrons. The van der Waals surface area contributed by atoms with Gasteiger partial charge in [0.05, 0.1) is 0 Å². The minimum Gasteiger partial charge on any atom is -0.0838 e. The van der Waals surface area contributed by atoms with Crippen LogP contribution in [0.5, 0.6) is 0 Å². The molecule has 0 saturated heterocycles. The first kappa shape index (κ1) is 16.1. The number of hydrogen-bond acceptors (Lipinski definition) is 0. The monoisotopic (exact) mass is 336 g/mol. The van der Waals surface area contributed by atoms with Gasteiger partial charge in [-0.25, -0.2) is 0 Å². The van der Waals surface area contributed by atoms with Gasteiger partial charge in [0, 0.05) is 4.83 Å². The molecule has 0 aliphatic heterocycles. The van der Waals surface area contributed by atoms with Crippen LogP contribution >= 0.6 is 15.9 Å². The molecule has 1 unspecified atom stereocenters. The van der Waals surface area contributed by atoms with Crippen molar-refractivity contribution < 1.29 is 0 Å². The Morgan fingerprint density at radius 3 is 1.75 bits per heavy atom. The molecule has 1 aliphatic carbocycles. The minimum absolute atomic E-state index is 0.531. The van der Waals surface area contributed by atoms with Crippen molar-refractivity contribution in [2.75, 3.05) is 0 Å². The van der Waals surface area contributed by atoms with Crippen molar-refractivity contribution in [2.45, 2.75) is 78.0 Å². The Morgan fingerprint density at radius 1 is 0.800 bits per heavy atom. The summed E-state index contributed by atoms with van der Waals surface area (Å²) in [7, 11) is 0. The quantitative estimate of drug-likeness (QED) is 0.543. The van der Waals surface area contributed by atoms with E-state index in [2.05, 4.69) is 50.5 Å². The van der Waals surface area contributed by atoms with Gasteiger partial charge < -0.3 is 0 Å². The van der Waals surface area contributed by atoms with Gasteiger partial charge in [0.15, 0.2) is 0 Å². The normalized spacial score (nSPS) is 18.3. The number of benzene rings is 1. The second-order valence-corrected chi connectivity index (χ2v) is 7.85. The van der Waals surface area contributed by atoms with E-state index in [0.717, 1.165) is 5.92 Å². The standard InChI is InChI=1S/C19H29Br/c1-12-13(2)15(4)19(16(5)14(12)3)18(20)11-17-9-7-6-8-10-17/h17-18H,6-11H2,1-5H3. The van der Waals surface area contributed by atoms with Gasteiger partial charge in [0.1, 0.15) is 0 Å². The predicted octanol–water partition coefficient (Wildman–Crippen LogP) is 6.64. The molecule has 2 rings (SSSR count). The van der Waals surface area contributed by atoms with Gasteiger partial charge >= 0.3 is 0 Å². The highest BCUT2D eigenvalue weighted by Gasteiger charge is 2.22. The molecule has 0 nitrogen and oxygen atoms in total. The van der Waals surface area contributed by atoms with Crippen LogP contribution in [0.2, 0.25) is 0 Å². The van der Waals surface area contributed by atoms with Crippen LogP contribution in [0.25, 0.3) is 0 Å². The molecule has 1 aliphatic rings. The van der Waals surface area contributed by atoms with E-state index in [9.17, 15) is 0 Å². The van der Waals surface area contributed by atoms with Gasteiger partial charge in [-0.1, -0.05) is 48.0 Å². The van der Waals surface area contributed by atoms with Gasteiger partial charge in [-0.3, -0.25) is 0 Å². The van der Waals surface area contributed by atoms with Gasteiger partial charge in [-0.2, -0.15) is 0 Å². The molecule has 0 aromatic heterocycles. The third-order valence-electron chi connectivity index (χ3n) is 5.64. The first-order chi connectivity index (χ1) is 9.43. The highest BCUT2D eigenvalue weighted by atomic mass is 79.9. The summed E-state index contributed by atoms with van der Waals surface area (Å²) in [5.74, 6) is 0.925. The summed E-state index contributed by atoms with van der Waals surface area (Å²) in [5, 5.41) is 0. The molecule has 0 heterocycles. The van der Waals surface area contributed by atoms with Crippen LogP contribution in [0, 0.1) is 40.5 Å². The minimum atomic E-state index is 0.531. The molecular weight excluding hydrogens is 308 g/mol. The molecule has 0 bridgehead atoms. The third-order valence-corrected chi connectivity index (χ3v) is 6.47. The van der Waals surface area contributed by atoms with Crippen LogP contribution in [0.3, 0.4) is 0 Å². The molecule has 1 saturated carbocycles. The summed E-state index contributed by atoms with van der Waals surface area (Å²) in [6.45, 7) is 11.4. The van der Waals surface area contributed by atoms with Crippen LogP contribution in [0.15, 0.2) is 0 Å². The van der Waals surface area contributed by atoms with Crippen molar-refractivity contribution in [3.05, 3.63) is 33.4 Å². The average molecular weight is 337 g/mol. The number of halogens is 1. The van der Waals surface area contributed by atoms with E-state index in [0.29, 0.717) is 4.83 Å². The second kappa shape index (κ2) is 6.64. The van der Waals surface area contributed by atoms with Crippen LogP contribution in [0.1, 0.15) is 76.7 Å². The molecule has 0 spiro atoms. The average Bonchev–Trinajstić information content (AvgIpc) is 2.44. The van der Waals surface area contributed by atoms with Crippen LogP contribution in [-0.4, -0.2) is 0 Å². The van der Waals surface area contributed by atoms with Crippen molar-refractivity contribution in [1.29, 1.82) is 0 Å². The zero-order valence-corrected chi connectivity index (χ0v) is 15.4. The summed E-state index contributed by atoms with van der Waals surface area (Å²) in [6, 6.07) is 0. The van der Waals surface area contributed by atoms with Crippen molar-refractivity contribution in [3.8, 4) is 0 Å². The summed E-state index contributed by atoms with van der Waals surface area (Å²) < 4.78 is 0. The first-order valence-corrected chi connectivity index (χ1v) is 9.06. The van der Waals surface area contributed by atoms with Crippen LogP contribution in [-0.2, 0) is 0 Å². The third kappa shape index (κ3) is 3.13. The summed E-state index contributed by atoms with van der Waals surface area (Å²) in [6.07, 6.45) is 8.50. The molecule has 0 N–H and O–H groups in total. The zero-order valence-electron chi connectivity index (χ0n) is 13.8. The van der Waals surface area contributed by atoms with Crippen molar-refractivity contribution >= 4 is 15.9 Å². The highest BCUT2D eigenvalue weighted by molar-refractivity contribution is 9.09. The fourth-order valence-electron chi connectivity index (χ4n) is 3.83. The molecule has 1 aromatic carbocycles. The maximum absolute atomic E-state index is 4.02. The Balaban J connectivity index is 2.27. The molecule has 1 atom stereocenters. The SMILES string of the molecule is Cc1c(C)c(C)c(C(Br)CC2CCCCC2)c(C)c1C. The smallest absolute Gasteiger partial charge is 0.0403 e. The molecule has 1 aromatic rings. The highest BCUT2D eigenvalue weighted by Crippen LogP contribution is 2.41. The Hall–Kier alpha value is -0.300. The fourth-order valence-corrected chi connectivity index (χ4v) is 5.05. The van der Waals surface area contributed by atoms with E-state index >= 15 is 0 Å². The van der Waals surface area contributed by atoms with E-state index in [4.69, 9.17) is 0 Å². The largest absolute Gasteiger partial charge is 0.0838 e. The zero-order chi connectivity index (χ0) is 14.9. The lowest BCUT2D eigenvalue weighted by Crippen LogP contribution is -2.11. The lowest BCUT2D eigenvalue weighted by atomic mass is 9.82. The van der Waals surface area contributed by atoms with E-state index < -0.39 is 0 Å². The number of hydrogen-bond donors (Lipinski definition) is 0. The Morgan fingerprint density at radius 2 is 1.25 bits per heavy atom.